The van der Waals surface area contributed by atoms with Gasteiger partial charge in [0.05, 0.1) is 10.6 Å². The van der Waals surface area contributed by atoms with Gasteiger partial charge < -0.3 is 0 Å². The fraction of sp³-hybridized carbons (Fsp3) is 0.294. The fourth-order valence-corrected chi connectivity index (χ4v) is 4.15. The number of halogens is 1. The number of benzene rings is 2. The molecule has 0 amide bonds. The smallest absolute Gasteiger partial charge is 0.261 e. The Kier molecular flexibility index (Phi) is 4.87. The van der Waals surface area contributed by atoms with Gasteiger partial charge in [0.15, 0.2) is 0 Å². The van der Waals surface area contributed by atoms with E-state index >= 15 is 0 Å². The second-order valence-corrected chi connectivity index (χ2v) is 9.21. The predicted octanol–water partition coefficient (Wildman–Crippen LogP) is 4.70. The summed E-state index contributed by atoms with van der Waals surface area (Å²) in [7, 11) is -3.59. The van der Waals surface area contributed by atoms with Crippen LogP contribution in [0.2, 0.25) is 0 Å². The average molecular weight is 429 g/mol. The molecule has 2 aromatic carbocycles. The van der Waals surface area contributed by atoms with E-state index < -0.39 is 10.0 Å². The highest BCUT2D eigenvalue weighted by Crippen LogP contribution is 2.27. The largest absolute Gasteiger partial charge is 0.279 e. The molecule has 0 radical (unpaired) electrons. The van der Waals surface area contributed by atoms with Gasteiger partial charge in [0, 0.05) is 3.57 Å². The zero-order valence-corrected chi connectivity index (χ0v) is 16.1. The maximum atomic E-state index is 12.6. The quantitative estimate of drug-likeness (QED) is 0.720. The molecular formula is C17H20INO2S. The zero-order valence-electron chi connectivity index (χ0n) is 13.1. The van der Waals surface area contributed by atoms with Crippen LogP contribution >= 0.6 is 22.6 Å². The Morgan fingerprint density at radius 2 is 1.73 bits per heavy atom. The lowest BCUT2D eigenvalue weighted by molar-refractivity contribution is 0.585. The number of anilines is 1. The van der Waals surface area contributed by atoms with Crippen LogP contribution in [0.4, 0.5) is 5.69 Å². The van der Waals surface area contributed by atoms with Gasteiger partial charge in [-0.3, -0.25) is 4.72 Å². The van der Waals surface area contributed by atoms with Crippen LogP contribution < -0.4 is 4.72 Å². The van der Waals surface area contributed by atoms with Crippen molar-refractivity contribution in [2.75, 3.05) is 4.72 Å². The van der Waals surface area contributed by atoms with E-state index in [1.807, 2.05) is 25.1 Å². The monoisotopic (exact) mass is 429 g/mol. The Morgan fingerprint density at radius 1 is 1.05 bits per heavy atom. The van der Waals surface area contributed by atoms with E-state index in [4.69, 9.17) is 0 Å². The summed E-state index contributed by atoms with van der Waals surface area (Å²) in [5.74, 6) is 0. The lowest BCUT2D eigenvalue weighted by atomic mass is 9.87. The molecule has 3 nitrogen and oxygen atoms in total. The SMILES string of the molecule is Cc1ccc(NS(=O)(=O)c2cccc(C(C)(C)C)c2)c(I)c1. The molecule has 2 aromatic rings. The summed E-state index contributed by atoms with van der Waals surface area (Å²) in [6.07, 6.45) is 0. The number of hydrogen-bond donors (Lipinski definition) is 1. The normalized spacial score (nSPS) is 12.2. The predicted molar refractivity (Wildman–Crippen MR) is 99.8 cm³/mol. The number of rotatable bonds is 3. The van der Waals surface area contributed by atoms with E-state index in [-0.39, 0.29) is 10.3 Å². The fourth-order valence-electron chi connectivity index (χ4n) is 2.04. The van der Waals surface area contributed by atoms with E-state index in [0.29, 0.717) is 5.69 Å². The first-order valence-corrected chi connectivity index (χ1v) is 9.55. The highest BCUT2D eigenvalue weighted by molar-refractivity contribution is 14.1. The lowest BCUT2D eigenvalue weighted by Gasteiger charge is -2.20. The molecule has 0 heterocycles. The maximum Gasteiger partial charge on any atom is 0.261 e. The minimum absolute atomic E-state index is 0.0934. The molecule has 5 heteroatoms. The van der Waals surface area contributed by atoms with E-state index in [2.05, 4.69) is 48.1 Å². The second-order valence-electron chi connectivity index (χ2n) is 6.37. The first-order valence-electron chi connectivity index (χ1n) is 6.99. The summed E-state index contributed by atoms with van der Waals surface area (Å²) in [6, 6.07) is 12.7. The number of hydrogen-bond acceptors (Lipinski definition) is 2. The third-order valence-electron chi connectivity index (χ3n) is 3.38. The van der Waals surface area contributed by atoms with Crippen molar-refractivity contribution >= 4 is 38.3 Å². The summed E-state index contributed by atoms with van der Waals surface area (Å²) in [4.78, 5) is 0.288. The zero-order chi connectivity index (χ0) is 16.5. The summed E-state index contributed by atoms with van der Waals surface area (Å²) in [6.45, 7) is 8.17. The van der Waals surface area contributed by atoms with Crippen LogP contribution in [0.5, 0.6) is 0 Å². The standard InChI is InChI=1S/C17H20INO2S/c1-12-8-9-16(15(18)10-12)19-22(20,21)14-7-5-6-13(11-14)17(2,3)4/h5-11,19H,1-4H3. The van der Waals surface area contributed by atoms with Gasteiger partial charge in [-0.25, -0.2) is 8.42 Å². The molecule has 0 bridgehead atoms. The van der Waals surface area contributed by atoms with Crippen molar-refractivity contribution in [1.29, 1.82) is 0 Å². The molecule has 0 aliphatic rings. The highest BCUT2D eigenvalue weighted by atomic mass is 127. The molecule has 2 rings (SSSR count). The Hall–Kier alpha value is -1.08. The van der Waals surface area contributed by atoms with Gasteiger partial charge in [-0.05, 0) is 70.3 Å². The van der Waals surface area contributed by atoms with Crippen molar-refractivity contribution in [2.24, 2.45) is 0 Å². The van der Waals surface area contributed by atoms with Crippen LogP contribution in [0.1, 0.15) is 31.9 Å². The second kappa shape index (κ2) is 6.20. The molecule has 0 atom stereocenters. The molecule has 118 valence electrons. The van der Waals surface area contributed by atoms with Gasteiger partial charge >= 0.3 is 0 Å². The van der Waals surface area contributed by atoms with Crippen molar-refractivity contribution in [3.8, 4) is 0 Å². The molecule has 0 saturated carbocycles. The molecule has 0 spiro atoms. The molecule has 0 fully saturated rings. The van der Waals surface area contributed by atoms with Crippen LogP contribution in [0.3, 0.4) is 0 Å². The van der Waals surface area contributed by atoms with E-state index in [1.54, 1.807) is 24.3 Å². The van der Waals surface area contributed by atoms with Gasteiger partial charge in [0.25, 0.3) is 10.0 Å². The van der Waals surface area contributed by atoms with Gasteiger partial charge in [-0.15, -0.1) is 0 Å². The number of nitrogens with one attached hydrogen (secondary N) is 1. The van der Waals surface area contributed by atoms with E-state index in [9.17, 15) is 8.42 Å². The lowest BCUT2D eigenvalue weighted by Crippen LogP contribution is -2.16. The van der Waals surface area contributed by atoms with Crippen molar-refractivity contribution in [3.05, 3.63) is 57.2 Å². The van der Waals surface area contributed by atoms with E-state index in [1.165, 1.54) is 0 Å². The number of sulfonamides is 1. The van der Waals surface area contributed by atoms with Crippen molar-refractivity contribution in [3.63, 3.8) is 0 Å². The van der Waals surface area contributed by atoms with Crippen LogP contribution in [-0.4, -0.2) is 8.42 Å². The van der Waals surface area contributed by atoms with Crippen LogP contribution in [0, 0.1) is 10.5 Å². The van der Waals surface area contributed by atoms with Crippen LogP contribution in [-0.2, 0) is 15.4 Å². The van der Waals surface area contributed by atoms with Crippen LogP contribution in [0.25, 0.3) is 0 Å². The molecular weight excluding hydrogens is 409 g/mol. The Labute approximate surface area is 146 Å². The average Bonchev–Trinajstić information content (AvgIpc) is 2.41. The van der Waals surface area contributed by atoms with Gasteiger partial charge in [-0.2, -0.15) is 0 Å². The Bertz CT molecular complexity index is 793. The van der Waals surface area contributed by atoms with Gasteiger partial charge in [-0.1, -0.05) is 39.0 Å². The van der Waals surface area contributed by atoms with E-state index in [0.717, 1.165) is 14.7 Å². The summed E-state index contributed by atoms with van der Waals surface area (Å²) in [5, 5.41) is 0. The topological polar surface area (TPSA) is 46.2 Å². The van der Waals surface area contributed by atoms with Crippen molar-refractivity contribution < 1.29 is 8.42 Å². The highest BCUT2D eigenvalue weighted by Gasteiger charge is 2.19. The molecule has 0 aliphatic heterocycles. The van der Waals surface area contributed by atoms with Gasteiger partial charge in [0.1, 0.15) is 0 Å². The number of aryl methyl sites for hydroxylation is 1. The summed E-state index contributed by atoms with van der Waals surface area (Å²) >= 11 is 2.14. The summed E-state index contributed by atoms with van der Waals surface area (Å²) < 4.78 is 28.8. The molecule has 0 saturated heterocycles. The molecule has 22 heavy (non-hydrogen) atoms. The first kappa shape index (κ1) is 17.3. The maximum absolute atomic E-state index is 12.6. The molecule has 0 aromatic heterocycles. The van der Waals surface area contributed by atoms with Crippen LogP contribution in [0.15, 0.2) is 47.4 Å². The Morgan fingerprint density at radius 3 is 2.32 bits per heavy atom. The molecule has 0 unspecified atom stereocenters. The third kappa shape index (κ3) is 4.01. The Balaban J connectivity index is 2.39. The van der Waals surface area contributed by atoms with Crippen molar-refractivity contribution in [2.45, 2.75) is 38.0 Å². The molecule has 0 aliphatic carbocycles. The minimum atomic E-state index is -3.59. The first-order chi connectivity index (χ1) is 10.1. The summed E-state index contributed by atoms with van der Waals surface area (Å²) in [5.41, 5.74) is 2.60. The van der Waals surface area contributed by atoms with Gasteiger partial charge in [0.2, 0.25) is 0 Å². The van der Waals surface area contributed by atoms with Crippen molar-refractivity contribution in [1.82, 2.24) is 0 Å². The third-order valence-corrected chi connectivity index (χ3v) is 5.63. The minimum Gasteiger partial charge on any atom is -0.279 e. The molecule has 1 N–H and O–H groups in total.